The van der Waals surface area contributed by atoms with E-state index < -0.39 is 16.9 Å². The Morgan fingerprint density at radius 3 is 2.77 bits per heavy atom. The number of halogens is 1. The summed E-state index contributed by atoms with van der Waals surface area (Å²) in [6.07, 6.45) is 1.36. The van der Waals surface area contributed by atoms with Crippen LogP contribution in [0, 0.1) is 10.1 Å². The van der Waals surface area contributed by atoms with Crippen LogP contribution in [-0.4, -0.2) is 27.1 Å². The van der Waals surface area contributed by atoms with E-state index in [1.807, 2.05) is 35.8 Å². The lowest BCUT2D eigenvalue weighted by molar-refractivity contribution is -0.384. The summed E-state index contributed by atoms with van der Waals surface area (Å²) in [6, 6.07) is 11.0. The smallest absolute Gasteiger partial charge is 0.338 e. The molecule has 2 heterocycles. The number of nitro benzene ring substituents is 1. The van der Waals surface area contributed by atoms with E-state index in [-0.39, 0.29) is 12.3 Å². The van der Waals surface area contributed by atoms with Crippen molar-refractivity contribution in [2.45, 2.75) is 32.7 Å². The van der Waals surface area contributed by atoms with Gasteiger partial charge in [-0.25, -0.2) is 9.78 Å². The third-order valence-electron chi connectivity index (χ3n) is 5.20. The minimum atomic E-state index is -0.725. The van der Waals surface area contributed by atoms with Crippen LogP contribution >= 0.6 is 11.6 Å². The first-order chi connectivity index (χ1) is 15.0. The number of fused-ring (bicyclic) bond motifs is 3. The van der Waals surface area contributed by atoms with Gasteiger partial charge in [-0.15, -0.1) is 0 Å². The number of benzene rings is 2. The van der Waals surface area contributed by atoms with E-state index in [1.165, 1.54) is 18.2 Å². The maximum atomic E-state index is 13.1. The first-order valence-electron chi connectivity index (χ1n) is 10.0. The molecule has 0 spiro atoms. The second-order valence-corrected chi connectivity index (χ2v) is 7.55. The zero-order chi connectivity index (χ0) is 22.1. The lowest BCUT2D eigenvalue weighted by Crippen LogP contribution is -2.30. The molecule has 0 fully saturated rings. The fourth-order valence-electron chi connectivity index (χ4n) is 3.93. The molecule has 1 atom stereocenters. The molecule has 0 bridgehead atoms. The summed E-state index contributed by atoms with van der Waals surface area (Å²) >= 11 is 6.54. The number of esters is 1. The van der Waals surface area contributed by atoms with Crippen LogP contribution in [0.1, 0.15) is 38.3 Å². The van der Waals surface area contributed by atoms with Crippen molar-refractivity contribution in [3.05, 3.63) is 74.4 Å². The van der Waals surface area contributed by atoms with Crippen LogP contribution < -0.4 is 5.32 Å². The maximum Gasteiger partial charge on any atom is 0.338 e. The molecule has 1 aliphatic heterocycles. The average molecular weight is 441 g/mol. The molecular formula is C22H21ClN4O4. The van der Waals surface area contributed by atoms with Gasteiger partial charge in [0.25, 0.3) is 5.69 Å². The van der Waals surface area contributed by atoms with Crippen molar-refractivity contribution in [2.24, 2.45) is 0 Å². The Hall–Kier alpha value is -3.39. The third-order valence-corrected chi connectivity index (χ3v) is 5.54. The van der Waals surface area contributed by atoms with Crippen LogP contribution in [0.5, 0.6) is 0 Å². The number of imidazole rings is 1. The predicted molar refractivity (Wildman–Crippen MR) is 118 cm³/mol. The summed E-state index contributed by atoms with van der Waals surface area (Å²) in [4.78, 5) is 28.8. The maximum absolute atomic E-state index is 13.1. The number of hydrogen-bond donors (Lipinski definition) is 1. The van der Waals surface area contributed by atoms with E-state index in [2.05, 4.69) is 10.3 Å². The number of nitrogens with one attached hydrogen (secondary N) is 1. The SMILES string of the molecule is CCCC1=C(C(=O)OCC)[C@H](c2cc([N+](=O)[O-])ccc2Cl)n2c(nc3ccccc32)N1. The number of carbonyl (C=O) groups excluding carboxylic acids is 1. The molecular weight excluding hydrogens is 420 g/mol. The number of nitro groups is 1. The van der Waals surface area contributed by atoms with Crippen LogP contribution in [0.3, 0.4) is 0 Å². The van der Waals surface area contributed by atoms with E-state index in [9.17, 15) is 14.9 Å². The molecule has 3 aromatic rings. The number of carbonyl (C=O) groups is 1. The first-order valence-corrected chi connectivity index (χ1v) is 10.4. The summed E-state index contributed by atoms with van der Waals surface area (Å²) < 4.78 is 7.24. The van der Waals surface area contributed by atoms with Crippen molar-refractivity contribution in [3.63, 3.8) is 0 Å². The molecule has 0 unspecified atom stereocenters. The molecule has 160 valence electrons. The zero-order valence-electron chi connectivity index (χ0n) is 17.1. The highest BCUT2D eigenvalue weighted by atomic mass is 35.5. The standard InChI is InChI=1S/C22H21ClN4O4/c1-3-7-17-19(21(28)31-4-2)20(14-12-13(27(29)30)10-11-15(14)23)26-18-9-6-5-8-16(18)24-22(26)25-17/h5-6,8-12,20H,3-4,7H2,1-2H3,(H,24,25)/t20-/m0/s1. The molecule has 4 rings (SSSR count). The molecule has 0 radical (unpaired) electrons. The molecule has 2 aromatic carbocycles. The van der Waals surface area contributed by atoms with Crippen molar-refractivity contribution in [1.82, 2.24) is 9.55 Å². The van der Waals surface area contributed by atoms with Crippen LogP contribution in [-0.2, 0) is 9.53 Å². The van der Waals surface area contributed by atoms with E-state index in [4.69, 9.17) is 16.3 Å². The fraction of sp³-hybridized carbons (Fsp3) is 0.273. The summed E-state index contributed by atoms with van der Waals surface area (Å²) in [5, 5.41) is 15.1. The van der Waals surface area contributed by atoms with E-state index in [1.54, 1.807) is 6.92 Å². The van der Waals surface area contributed by atoms with Crippen molar-refractivity contribution >= 4 is 40.2 Å². The monoisotopic (exact) mass is 440 g/mol. The molecule has 8 nitrogen and oxygen atoms in total. The Bertz CT molecular complexity index is 1220. The highest BCUT2D eigenvalue weighted by Gasteiger charge is 2.37. The molecule has 9 heteroatoms. The Morgan fingerprint density at radius 2 is 2.06 bits per heavy atom. The van der Waals surface area contributed by atoms with Gasteiger partial charge < -0.3 is 10.1 Å². The molecule has 0 saturated heterocycles. The first kappa shape index (κ1) is 20.9. The molecule has 0 aliphatic carbocycles. The number of anilines is 1. The van der Waals surface area contributed by atoms with Gasteiger partial charge in [0.1, 0.15) is 0 Å². The number of non-ortho nitro benzene ring substituents is 1. The zero-order valence-corrected chi connectivity index (χ0v) is 17.8. The minimum Gasteiger partial charge on any atom is -0.463 e. The second-order valence-electron chi connectivity index (χ2n) is 7.15. The molecule has 1 aliphatic rings. The molecule has 31 heavy (non-hydrogen) atoms. The van der Waals surface area contributed by atoms with E-state index in [0.29, 0.717) is 34.2 Å². The lowest BCUT2D eigenvalue weighted by Gasteiger charge is -2.31. The van der Waals surface area contributed by atoms with Crippen LogP contribution in [0.2, 0.25) is 5.02 Å². The van der Waals surface area contributed by atoms with Gasteiger partial charge in [-0.1, -0.05) is 37.1 Å². The number of para-hydroxylation sites is 2. The topological polar surface area (TPSA) is 99.3 Å². The van der Waals surface area contributed by atoms with Gasteiger partial charge >= 0.3 is 5.97 Å². The number of allylic oxidation sites excluding steroid dienone is 1. The van der Waals surface area contributed by atoms with Crippen LogP contribution in [0.4, 0.5) is 11.6 Å². The van der Waals surface area contributed by atoms with Gasteiger partial charge in [-0.3, -0.25) is 14.7 Å². The highest BCUT2D eigenvalue weighted by Crippen LogP contribution is 2.43. The molecule has 0 amide bonds. The number of rotatable bonds is 6. The van der Waals surface area contributed by atoms with Gasteiger partial charge in [0, 0.05) is 28.4 Å². The summed E-state index contributed by atoms with van der Waals surface area (Å²) in [5.74, 6) is 0.0553. The van der Waals surface area contributed by atoms with E-state index >= 15 is 0 Å². The molecule has 0 saturated carbocycles. The number of aromatic nitrogens is 2. The summed E-state index contributed by atoms with van der Waals surface area (Å²) in [7, 11) is 0. The Balaban J connectivity index is 2.05. The van der Waals surface area contributed by atoms with Crippen LogP contribution in [0.15, 0.2) is 53.7 Å². The average Bonchev–Trinajstić information content (AvgIpc) is 3.11. The number of nitrogens with zero attached hydrogens (tertiary/aromatic N) is 3. The van der Waals surface area contributed by atoms with Gasteiger partial charge in [-0.2, -0.15) is 0 Å². The van der Waals surface area contributed by atoms with Crippen molar-refractivity contribution in [3.8, 4) is 0 Å². The van der Waals surface area contributed by atoms with Crippen molar-refractivity contribution in [1.29, 1.82) is 0 Å². The fourth-order valence-corrected chi connectivity index (χ4v) is 4.15. The van der Waals surface area contributed by atoms with Crippen molar-refractivity contribution in [2.75, 3.05) is 11.9 Å². The highest BCUT2D eigenvalue weighted by molar-refractivity contribution is 6.31. The van der Waals surface area contributed by atoms with Gasteiger partial charge in [0.15, 0.2) is 0 Å². The Kier molecular flexibility index (Phi) is 5.65. The predicted octanol–water partition coefficient (Wildman–Crippen LogP) is 5.23. The van der Waals surface area contributed by atoms with Gasteiger partial charge in [0.05, 0.1) is 34.2 Å². The Labute approximate surface area is 183 Å². The van der Waals surface area contributed by atoms with Gasteiger partial charge in [0.2, 0.25) is 5.95 Å². The normalized spacial score (nSPS) is 15.5. The minimum absolute atomic E-state index is 0.107. The van der Waals surface area contributed by atoms with Crippen molar-refractivity contribution < 1.29 is 14.5 Å². The third kappa shape index (κ3) is 3.63. The second kappa shape index (κ2) is 8.39. The van der Waals surface area contributed by atoms with Gasteiger partial charge in [-0.05, 0) is 31.5 Å². The summed E-state index contributed by atoms with van der Waals surface area (Å²) in [5.41, 5.74) is 2.90. The lowest BCUT2D eigenvalue weighted by atomic mass is 9.93. The quantitative estimate of drug-likeness (QED) is 0.320. The number of hydrogen-bond acceptors (Lipinski definition) is 6. The summed E-state index contributed by atoms with van der Waals surface area (Å²) in [6.45, 7) is 3.95. The molecule has 1 N–H and O–H groups in total. The Morgan fingerprint density at radius 1 is 1.29 bits per heavy atom. The molecule has 1 aromatic heterocycles. The largest absolute Gasteiger partial charge is 0.463 e. The number of ether oxygens (including phenoxy) is 1. The van der Waals surface area contributed by atoms with E-state index in [0.717, 1.165) is 17.5 Å². The van der Waals surface area contributed by atoms with Crippen LogP contribution in [0.25, 0.3) is 11.0 Å².